The van der Waals surface area contributed by atoms with Gasteiger partial charge in [0, 0.05) is 42.6 Å². The van der Waals surface area contributed by atoms with Gasteiger partial charge in [0.05, 0.1) is 0 Å². The van der Waals surface area contributed by atoms with E-state index in [-0.39, 0.29) is 44.1 Å². The van der Waals surface area contributed by atoms with Crippen LogP contribution < -0.4 is 27.0 Å². The number of urea groups is 1. The second-order valence-corrected chi connectivity index (χ2v) is 11.9. The summed E-state index contributed by atoms with van der Waals surface area (Å²) in [4.78, 5) is 77.0. The third-order valence-electron chi connectivity index (χ3n) is 8.36. The highest BCUT2D eigenvalue weighted by atomic mass is 16.4. The van der Waals surface area contributed by atoms with Gasteiger partial charge in [0.2, 0.25) is 11.8 Å². The number of fused-ring (bicyclic) bond motifs is 1. The molecule has 1 aromatic heterocycles. The number of rotatable bonds is 18. The molecule has 15 nitrogen and oxygen atoms in total. The Bertz CT molecular complexity index is 1410. The molecule has 0 unspecified atom stereocenters. The number of unbranched alkanes of at least 4 members (excludes halogenated alkanes) is 1. The van der Waals surface area contributed by atoms with Gasteiger partial charge in [-0.2, -0.15) is 0 Å². The van der Waals surface area contributed by atoms with Crippen molar-refractivity contribution < 1.29 is 44.1 Å². The van der Waals surface area contributed by atoms with E-state index in [2.05, 4.69) is 26.3 Å². The number of hydrogen-bond acceptors (Lipinski definition) is 8. The highest BCUT2D eigenvalue weighted by molar-refractivity contribution is 5.89. The van der Waals surface area contributed by atoms with Crippen LogP contribution in [-0.4, -0.2) is 87.3 Å². The highest BCUT2D eigenvalue weighted by Crippen LogP contribution is 2.28. The molecule has 0 radical (unpaired) electrons. The minimum atomic E-state index is -1.50. The smallest absolute Gasteiger partial charge is 0.326 e. The maximum atomic E-state index is 13.3. The van der Waals surface area contributed by atoms with Gasteiger partial charge in [-0.3, -0.25) is 19.4 Å². The van der Waals surface area contributed by atoms with E-state index in [1.807, 2.05) is 30.3 Å². The van der Waals surface area contributed by atoms with Crippen LogP contribution in [0.3, 0.4) is 0 Å². The van der Waals surface area contributed by atoms with Crippen molar-refractivity contribution in [2.24, 2.45) is 17.6 Å². The molecule has 0 spiro atoms. The average molecular weight is 657 g/mol. The second kappa shape index (κ2) is 18.4. The van der Waals surface area contributed by atoms with Crippen LogP contribution in [0.25, 0.3) is 10.8 Å². The highest BCUT2D eigenvalue weighted by Gasteiger charge is 2.30. The molecule has 1 heterocycles. The molecule has 1 saturated carbocycles. The van der Waals surface area contributed by atoms with Crippen molar-refractivity contribution in [3.8, 4) is 0 Å². The molecule has 4 amide bonds. The molecule has 1 aliphatic rings. The standard InChI is InChI=1S/C32H44N6O9/c33-17-19-8-10-20(11-9-19)28(41)36-26(16-23-15-21-5-1-2-6-22(21)18-35-23)29(42)34-14-4-3-7-24(30(43)44)37-32(47)38-25(31(45)46)12-13-27(39)40/h1-2,5-6,15,18-20,24-26H,3-4,7-14,16-17,33H2,(H,34,42)(H,36,41)(H,39,40)(H,43,44)(H,45,46)(H2,37,38,47)/t19?,20?,24-,25-,26-/m0/s1. The lowest BCUT2D eigenvalue weighted by Gasteiger charge is -2.28. The molecule has 1 aromatic carbocycles. The van der Waals surface area contributed by atoms with Crippen molar-refractivity contribution >= 4 is 46.5 Å². The number of nitrogens with one attached hydrogen (secondary N) is 4. The van der Waals surface area contributed by atoms with E-state index in [1.165, 1.54) is 0 Å². The van der Waals surface area contributed by atoms with Crippen LogP contribution in [0.1, 0.15) is 63.5 Å². The third-order valence-corrected chi connectivity index (χ3v) is 8.36. The summed E-state index contributed by atoms with van der Waals surface area (Å²) in [6.45, 7) is 0.760. The number of aromatic nitrogens is 1. The number of amides is 4. The number of carbonyl (C=O) groups excluding carboxylic acids is 3. The molecule has 0 saturated heterocycles. The monoisotopic (exact) mass is 656 g/mol. The lowest BCUT2D eigenvalue weighted by molar-refractivity contribution is -0.141. The van der Waals surface area contributed by atoms with Crippen LogP contribution >= 0.6 is 0 Å². The zero-order valence-corrected chi connectivity index (χ0v) is 26.2. The van der Waals surface area contributed by atoms with Crippen molar-refractivity contribution in [1.29, 1.82) is 0 Å². The molecular formula is C32H44N6O9. The normalized spacial score (nSPS) is 17.9. The van der Waals surface area contributed by atoms with Crippen molar-refractivity contribution in [2.75, 3.05) is 13.1 Å². The zero-order valence-electron chi connectivity index (χ0n) is 26.2. The molecule has 0 bridgehead atoms. The molecule has 1 aliphatic carbocycles. The topological polar surface area (TPSA) is 250 Å². The molecular weight excluding hydrogens is 612 g/mol. The Morgan fingerprint density at radius 2 is 1.47 bits per heavy atom. The van der Waals surface area contributed by atoms with Crippen molar-refractivity contribution in [3.05, 3.63) is 42.2 Å². The summed E-state index contributed by atoms with van der Waals surface area (Å²) >= 11 is 0. The van der Waals surface area contributed by atoms with Gasteiger partial charge in [0.25, 0.3) is 0 Å². The van der Waals surface area contributed by atoms with Crippen LogP contribution in [0.4, 0.5) is 4.79 Å². The van der Waals surface area contributed by atoms with E-state index in [0.717, 1.165) is 23.6 Å². The predicted molar refractivity (Wildman–Crippen MR) is 170 cm³/mol. The van der Waals surface area contributed by atoms with E-state index in [0.29, 0.717) is 37.4 Å². The molecule has 47 heavy (non-hydrogen) atoms. The third kappa shape index (κ3) is 12.2. The van der Waals surface area contributed by atoms with E-state index < -0.39 is 54.4 Å². The molecule has 0 aliphatic heterocycles. The van der Waals surface area contributed by atoms with Crippen molar-refractivity contribution in [3.63, 3.8) is 0 Å². The molecule has 2 aromatic rings. The van der Waals surface area contributed by atoms with Gasteiger partial charge in [0.1, 0.15) is 18.1 Å². The Kier molecular flexibility index (Phi) is 14.3. The summed E-state index contributed by atoms with van der Waals surface area (Å²) in [7, 11) is 0. The first-order valence-electron chi connectivity index (χ1n) is 15.8. The maximum Gasteiger partial charge on any atom is 0.326 e. The fourth-order valence-electron chi connectivity index (χ4n) is 5.56. The zero-order chi connectivity index (χ0) is 34.3. The first-order valence-corrected chi connectivity index (χ1v) is 15.8. The fraction of sp³-hybridized carbons (Fsp3) is 0.531. The van der Waals surface area contributed by atoms with E-state index in [1.54, 1.807) is 6.20 Å². The number of aliphatic carboxylic acids is 3. The molecule has 256 valence electrons. The average Bonchev–Trinajstić information content (AvgIpc) is 3.05. The van der Waals surface area contributed by atoms with Gasteiger partial charge in [-0.05, 0) is 75.3 Å². The number of hydrogen-bond donors (Lipinski definition) is 8. The SMILES string of the molecule is NCC1CCC(C(=O)N[C@@H](Cc2cc3ccccc3cn2)C(=O)NCCCC[C@H](NC(=O)N[C@@H](CCC(=O)O)C(=O)O)C(=O)O)CC1. The minimum absolute atomic E-state index is 0.0157. The van der Waals surface area contributed by atoms with Gasteiger partial charge < -0.3 is 42.3 Å². The van der Waals surface area contributed by atoms with E-state index in [9.17, 15) is 39.0 Å². The molecule has 3 atom stereocenters. The van der Waals surface area contributed by atoms with Crippen LogP contribution in [-0.2, 0) is 30.4 Å². The summed E-state index contributed by atoms with van der Waals surface area (Å²) in [5, 5.41) is 39.4. The summed E-state index contributed by atoms with van der Waals surface area (Å²) in [5.74, 6) is -4.44. The van der Waals surface area contributed by atoms with Crippen LogP contribution in [0, 0.1) is 11.8 Å². The maximum absolute atomic E-state index is 13.3. The molecule has 3 rings (SSSR count). The Hall–Kier alpha value is -4.79. The minimum Gasteiger partial charge on any atom is -0.481 e. The Morgan fingerprint density at radius 1 is 0.830 bits per heavy atom. The summed E-state index contributed by atoms with van der Waals surface area (Å²) in [6.07, 6.45) is 4.77. The first kappa shape index (κ1) is 36.7. The van der Waals surface area contributed by atoms with E-state index >= 15 is 0 Å². The Morgan fingerprint density at radius 3 is 2.09 bits per heavy atom. The number of nitrogens with zero attached hydrogens (tertiary/aromatic N) is 1. The molecule has 1 fully saturated rings. The number of carboxylic acids is 3. The summed E-state index contributed by atoms with van der Waals surface area (Å²) in [5.41, 5.74) is 6.43. The van der Waals surface area contributed by atoms with Gasteiger partial charge in [-0.25, -0.2) is 14.4 Å². The van der Waals surface area contributed by atoms with Crippen molar-refractivity contribution in [1.82, 2.24) is 26.3 Å². The predicted octanol–water partition coefficient (Wildman–Crippen LogP) is 1.38. The molecule has 9 N–H and O–H groups in total. The number of nitrogens with two attached hydrogens (primary N) is 1. The number of carboxylic acid groups (broad SMARTS) is 3. The summed E-state index contributed by atoms with van der Waals surface area (Å²) in [6, 6.07) is 4.78. The number of pyridine rings is 1. The van der Waals surface area contributed by atoms with Crippen molar-refractivity contribution in [2.45, 2.75) is 82.3 Å². The lowest BCUT2D eigenvalue weighted by Crippen LogP contribution is -2.51. The lowest BCUT2D eigenvalue weighted by atomic mass is 9.81. The quantitative estimate of drug-likeness (QED) is 0.106. The number of carbonyl (C=O) groups is 6. The van der Waals surface area contributed by atoms with Gasteiger partial charge >= 0.3 is 23.9 Å². The van der Waals surface area contributed by atoms with Gasteiger partial charge in [-0.15, -0.1) is 0 Å². The van der Waals surface area contributed by atoms with Gasteiger partial charge in [-0.1, -0.05) is 24.3 Å². The Labute approximate surface area is 272 Å². The largest absolute Gasteiger partial charge is 0.481 e. The Balaban J connectivity index is 1.54. The fourth-order valence-corrected chi connectivity index (χ4v) is 5.56. The van der Waals surface area contributed by atoms with E-state index in [4.69, 9.17) is 10.8 Å². The van der Waals surface area contributed by atoms with Crippen LogP contribution in [0.15, 0.2) is 36.5 Å². The first-order chi connectivity index (χ1) is 22.5. The second-order valence-electron chi connectivity index (χ2n) is 11.9. The van der Waals surface area contributed by atoms with Crippen LogP contribution in [0.2, 0.25) is 0 Å². The van der Waals surface area contributed by atoms with Gasteiger partial charge in [0.15, 0.2) is 0 Å². The molecule has 15 heteroatoms. The number of benzene rings is 1. The summed E-state index contributed by atoms with van der Waals surface area (Å²) < 4.78 is 0. The van der Waals surface area contributed by atoms with Crippen LogP contribution in [0.5, 0.6) is 0 Å².